The van der Waals surface area contributed by atoms with Gasteiger partial charge in [-0.05, 0) is 30.4 Å². The van der Waals surface area contributed by atoms with Crippen LogP contribution in [-0.4, -0.2) is 17.7 Å². The number of nitrogens with one attached hydrogen (secondary N) is 1. The Labute approximate surface area is 97.7 Å². The minimum absolute atomic E-state index is 0.469. The van der Waals surface area contributed by atoms with Gasteiger partial charge in [-0.15, -0.1) is 11.3 Å². The number of aryl methyl sites for hydroxylation is 1. The predicted molar refractivity (Wildman–Crippen MR) is 66.3 cm³/mol. The van der Waals surface area contributed by atoms with Crippen molar-refractivity contribution in [3.05, 3.63) is 34.7 Å². The molecule has 1 heterocycles. The molecule has 0 bridgehead atoms. The summed E-state index contributed by atoms with van der Waals surface area (Å²) in [4.78, 5) is 11.6. The zero-order valence-electron chi connectivity index (χ0n) is 8.99. The number of benzene rings is 1. The number of hydrogen-bond acceptors (Lipinski definition) is 2. The molecule has 84 valence electrons. The van der Waals surface area contributed by atoms with Gasteiger partial charge in [0.25, 0.3) is 0 Å². The molecule has 2 aromatic rings. The van der Waals surface area contributed by atoms with E-state index in [0.717, 1.165) is 6.42 Å². The van der Waals surface area contributed by atoms with Gasteiger partial charge >= 0.3 is 6.09 Å². The fourth-order valence-electron chi connectivity index (χ4n) is 1.83. The fraction of sp³-hybridized carbons (Fsp3) is 0.250. The average molecular weight is 235 g/mol. The Morgan fingerprint density at radius 3 is 2.94 bits per heavy atom. The standard InChI is InChI=1S/C12H13NO2S/c1-8-9(6-7-13-12(14)15)10-4-2-3-5-11(10)16-8/h2-5,13H,6-7H2,1H3,(H,14,15). The summed E-state index contributed by atoms with van der Waals surface area (Å²) in [5, 5.41) is 12.2. The van der Waals surface area contributed by atoms with Crippen LogP contribution in [0.4, 0.5) is 4.79 Å². The summed E-state index contributed by atoms with van der Waals surface area (Å²) < 4.78 is 1.27. The molecular weight excluding hydrogens is 222 g/mol. The van der Waals surface area contributed by atoms with Gasteiger partial charge in [0.1, 0.15) is 0 Å². The highest BCUT2D eigenvalue weighted by atomic mass is 32.1. The van der Waals surface area contributed by atoms with E-state index in [1.807, 2.05) is 12.1 Å². The molecule has 1 aromatic carbocycles. The van der Waals surface area contributed by atoms with Crippen LogP contribution < -0.4 is 5.32 Å². The summed E-state index contributed by atoms with van der Waals surface area (Å²) in [5.74, 6) is 0. The van der Waals surface area contributed by atoms with Crippen LogP contribution in [0.3, 0.4) is 0 Å². The van der Waals surface area contributed by atoms with Crippen LogP contribution in [0.15, 0.2) is 24.3 Å². The molecule has 2 rings (SSSR count). The summed E-state index contributed by atoms with van der Waals surface area (Å²) in [7, 11) is 0. The van der Waals surface area contributed by atoms with E-state index in [0.29, 0.717) is 6.54 Å². The average Bonchev–Trinajstić information content (AvgIpc) is 2.55. The molecule has 3 nitrogen and oxygen atoms in total. The molecule has 0 aliphatic rings. The lowest BCUT2D eigenvalue weighted by Gasteiger charge is -2.01. The summed E-state index contributed by atoms with van der Waals surface area (Å²) in [6, 6.07) is 8.23. The van der Waals surface area contributed by atoms with Gasteiger partial charge in [-0.1, -0.05) is 18.2 Å². The Kier molecular flexibility index (Phi) is 3.10. The first-order valence-electron chi connectivity index (χ1n) is 5.12. The van der Waals surface area contributed by atoms with Crippen molar-refractivity contribution in [1.29, 1.82) is 0 Å². The van der Waals surface area contributed by atoms with Crippen LogP contribution in [0.2, 0.25) is 0 Å². The third-order valence-electron chi connectivity index (χ3n) is 2.55. The van der Waals surface area contributed by atoms with Crippen LogP contribution >= 0.6 is 11.3 Å². The Hall–Kier alpha value is -1.55. The quantitative estimate of drug-likeness (QED) is 0.859. The highest BCUT2D eigenvalue weighted by Gasteiger charge is 2.08. The molecule has 0 unspecified atom stereocenters. The van der Waals surface area contributed by atoms with Gasteiger partial charge in [-0.2, -0.15) is 0 Å². The lowest BCUT2D eigenvalue weighted by Crippen LogP contribution is -2.23. The van der Waals surface area contributed by atoms with Gasteiger partial charge in [0.2, 0.25) is 0 Å². The second kappa shape index (κ2) is 4.53. The maximum atomic E-state index is 10.4. The zero-order chi connectivity index (χ0) is 11.5. The first kappa shape index (κ1) is 11.0. The van der Waals surface area contributed by atoms with E-state index in [9.17, 15) is 4.79 Å². The summed E-state index contributed by atoms with van der Waals surface area (Å²) in [5.41, 5.74) is 1.26. The van der Waals surface area contributed by atoms with Crippen molar-refractivity contribution in [2.24, 2.45) is 0 Å². The molecule has 0 spiro atoms. The highest BCUT2D eigenvalue weighted by molar-refractivity contribution is 7.19. The van der Waals surface area contributed by atoms with Crippen molar-refractivity contribution in [3.8, 4) is 0 Å². The Morgan fingerprint density at radius 1 is 1.44 bits per heavy atom. The SMILES string of the molecule is Cc1sc2ccccc2c1CCNC(=O)O. The van der Waals surface area contributed by atoms with Gasteiger partial charge in [-0.3, -0.25) is 0 Å². The van der Waals surface area contributed by atoms with Gasteiger partial charge in [-0.25, -0.2) is 4.79 Å². The predicted octanol–water partition coefficient (Wildman–Crippen LogP) is 3.02. The van der Waals surface area contributed by atoms with Gasteiger partial charge in [0.15, 0.2) is 0 Å². The molecule has 0 fully saturated rings. The summed E-state index contributed by atoms with van der Waals surface area (Å²) in [6.45, 7) is 2.55. The first-order valence-corrected chi connectivity index (χ1v) is 5.94. The molecule has 0 aliphatic carbocycles. The monoisotopic (exact) mass is 235 g/mol. The molecule has 1 aromatic heterocycles. The lowest BCUT2D eigenvalue weighted by atomic mass is 10.1. The van der Waals surface area contributed by atoms with E-state index in [-0.39, 0.29) is 0 Å². The molecule has 16 heavy (non-hydrogen) atoms. The second-order valence-corrected chi connectivity index (χ2v) is 4.87. The van der Waals surface area contributed by atoms with Gasteiger partial charge in [0.05, 0.1) is 0 Å². The number of rotatable bonds is 3. The van der Waals surface area contributed by atoms with Crippen molar-refractivity contribution in [2.45, 2.75) is 13.3 Å². The number of hydrogen-bond donors (Lipinski definition) is 2. The minimum atomic E-state index is -0.961. The van der Waals surface area contributed by atoms with Crippen molar-refractivity contribution in [1.82, 2.24) is 5.32 Å². The first-order chi connectivity index (χ1) is 7.68. The van der Waals surface area contributed by atoms with E-state index in [1.54, 1.807) is 11.3 Å². The third-order valence-corrected chi connectivity index (χ3v) is 3.68. The molecule has 0 atom stereocenters. The van der Waals surface area contributed by atoms with E-state index >= 15 is 0 Å². The molecule has 2 N–H and O–H groups in total. The Balaban J connectivity index is 2.22. The fourth-order valence-corrected chi connectivity index (χ4v) is 2.94. The number of amides is 1. The molecule has 1 amide bonds. The number of carboxylic acid groups (broad SMARTS) is 1. The molecule has 4 heteroatoms. The zero-order valence-corrected chi connectivity index (χ0v) is 9.80. The van der Waals surface area contributed by atoms with E-state index in [1.165, 1.54) is 20.5 Å². The smallest absolute Gasteiger partial charge is 0.404 e. The second-order valence-electron chi connectivity index (χ2n) is 3.61. The molecule has 0 radical (unpaired) electrons. The molecule has 0 aliphatic heterocycles. The summed E-state index contributed by atoms with van der Waals surface area (Å²) in [6.07, 6.45) is -0.209. The molecular formula is C12H13NO2S. The Bertz CT molecular complexity index is 519. The van der Waals surface area contributed by atoms with Gasteiger partial charge < -0.3 is 10.4 Å². The van der Waals surface area contributed by atoms with Crippen molar-refractivity contribution in [3.63, 3.8) is 0 Å². The van der Waals surface area contributed by atoms with Crippen molar-refractivity contribution in [2.75, 3.05) is 6.54 Å². The normalized spacial score (nSPS) is 10.6. The summed E-state index contributed by atoms with van der Waals surface area (Å²) >= 11 is 1.76. The van der Waals surface area contributed by atoms with Crippen LogP contribution in [-0.2, 0) is 6.42 Å². The van der Waals surface area contributed by atoms with Gasteiger partial charge in [0, 0.05) is 16.1 Å². The van der Waals surface area contributed by atoms with Crippen LogP contribution in [0.5, 0.6) is 0 Å². The molecule has 0 saturated carbocycles. The number of thiophene rings is 1. The van der Waals surface area contributed by atoms with Crippen molar-refractivity contribution >= 4 is 27.5 Å². The minimum Gasteiger partial charge on any atom is -0.465 e. The van der Waals surface area contributed by atoms with E-state index < -0.39 is 6.09 Å². The largest absolute Gasteiger partial charge is 0.465 e. The Morgan fingerprint density at radius 2 is 2.19 bits per heavy atom. The third kappa shape index (κ3) is 2.17. The van der Waals surface area contributed by atoms with Crippen LogP contribution in [0.25, 0.3) is 10.1 Å². The maximum Gasteiger partial charge on any atom is 0.404 e. The molecule has 0 saturated heterocycles. The topological polar surface area (TPSA) is 49.3 Å². The highest BCUT2D eigenvalue weighted by Crippen LogP contribution is 2.30. The van der Waals surface area contributed by atoms with Crippen LogP contribution in [0.1, 0.15) is 10.4 Å². The van der Waals surface area contributed by atoms with E-state index in [2.05, 4.69) is 24.4 Å². The van der Waals surface area contributed by atoms with Crippen LogP contribution in [0, 0.1) is 6.92 Å². The van der Waals surface area contributed by atoms with Crippen molar-refractivity contribution < 1.29 is 9.90 Å². The lowest BCUT2D eigenvalue weighted by molar-refractivity contribution is 0.194. The number of fused-ring (bicyclic) bond motifs is 1. The van der Waals surface area contributed by atoms with E-state index in [4.69, 9.17) is 5.11 Å². The maximum absolute atomic E-state index is 10.4. The number of carbonyl (C=O) groups is 1.